The van der Waals surface area contributed by atoms with Gasteiger partial charge < -0.3 is 49.6 Å². The molecule has 64 heavy (non-hydrogen) atoms. The Kier molecular flexibility index (Phi) is 27.3. The van der Waals surface area contributed by atoms with Gasteiger partial charge in [-0.25, -0.2) is 9.97 Å². The first kappa shape index (κ1) is 57.4. The molecule has 0 saturated heterocycles. The number of nitrogens with one attached hydrogen (secondary N) is 2. The van der Waals surface area contributed by atoms with Crippen LogP contribution in [0.1, 0.15) is 64.2 Å². The quantitative estimate of drug-likeness (QED) is 0.159. The van der Waals surface area contributed by atoms with E-state index >= 15 is 0 Å². The molecule has 4 aromatic carbocycles. The van der Waals surface area contributed by atoms with Crippen LogP contribution in [0.5, 0.6) is 0 Å². The van der Waals surface area contributed by atoms with Crippen molar-refractivity contribution >= 4 is 70.2 Å². The Morgan fingerprint density at radius 2 is 0.531 bits per heavy atom. The van der Waals surface area contributed by atoms with Crippen LogP contribution in [-0.4, -0.2) is 43.8 Å². The minimum atomic E-state index is -1.13. The van der Waals surface area contributed by atoms with Crippen LogP contribution in [0.25, 0.3) is 46.4 Å². The van der Waals surface area contributed by atoms with Gasteiger partial charge in [-0.3, -0.25) is 0 Å². The molecule has 0 saturated carbocycles. The molecule has 0 fully saturated rings. The van der Waals surface area contributed by atoms with Gasteiger partial charge in [0.15, 0.2) is 0 Å². The molecule has 2 aliphatic rings. The molecular weight excluding hydrogens is 853 g/mol. The average Bonchev–Trinajstić information content (AvgIpc) is 4.11. The van der Waals surface area contributed by atoms with Crippen molar-refractivity contribution in [2.45, 2.75) is 0 Å². The summed E-state index contributed by atoms with van der Waals surface area (Å²) in [5, 5.41) is 40.4. The number of benzene rings is 4. The Bertz CT molecular complexity index is 2500. The maximum Gasteiger partial charge on any atom is 1.00 e. The molecule has 16 heteroatoms. The second kappa shape index (κ2) is 30.5. The fourth-order valence-electron chi connectivity index (χ4n) is 5.24. The molecule has 0 unspecified atom stereocenters. The van der Waals surface area contributed by atoms with Crippen LogP contribution < -0.4 is 139 Å². The number of H-pyrrole nitrogens is 2. The second-order valence-corrected chi connectivity index (χ2v) is 12.5. The van der Waals surface area contributed by atoms with Crippen molar-refractivity contribution in [3.8, 4) is 0 Å². The zero-order chi connectivity index (χ0) is 42.7. The largest absolute Gasteiger partial charge is 1.00 e. The van der Waals surface area contributed by atoms with Gasteiger partial charge in [0.25, 0.3) is 0 Å². The monoisotopic (exact) mass is 886 g/mol. The summed E-state index contributed by atoms with van der Waals surface area (Å²) < 4.78 is 0. The van der Waals surface area contributed by atoms with Crippen molar-refractivity contribution in [1.29, 1.82) is 0 Å². The Balaban J connectivity index is 0.000000433. The Morgan fingerprint density at radius 3 is 0.750 bits per heavy atom. The predicted molar refractivity (Wildman–Crippen MR) is 222 cm³/mol. The molecule has 9 rings (SSSR count). The van der Waals surface area contributed by atoms with Crippen LogP contribution in [0.15, 0.2) is 170 Å². The van der Waals surface area contributed by atoms with E-state index in [0.29, 0.717) is 0 Å². The van der Waals surface area contributed by atoms with Crippen LogP contribution >= 0.6 is 0 Å². The van der Waals surface area contributed by atoms with E-state index in [1.54, 1.807) is 72.8 Å². The molecule has 12 nitrogen and oxygen atoms in total. The molecule has 0 radical (unpaired) electrons. The van der Waals surface area contributed by atoms with E-state index in [9.17, 15) is 39.6 Å². The number of hydrogen-bond donors (Lipinski definition) is 2. The number of carboxylic acids is 4. The van der Waals surface area contributed by atoms with Crippen LogP contribution in [0.3, 0.4) is 0 Å². The summed E-state index contributed by atoms with van der Waals surface area (Å²) in [6.07, 6.45) is 8.05. The molecule has 8 bridgehead atoms. The summed E-state index contributed by atoms with van der Waals surface area (Å²) in [7, 11) is 0. The fourth-order valence-corrected chi connectivity index (χ4v) is 5.24. The summed E-state index contributed by atoms with van der Waals surface area (Å²) in [5.74, 6) is -4.52. The topological polar surface area (TPSA) is 218 Å². The third kappa shape index (κ3) is 20.0. The summed E-state index contributed by atoms with van der Waals surface area (Å²) in [6.45, 7) is 0. The van der Waals surface area contributed by atoms with Gasteiger partial charge in [-0.1, -0.05) is 121 Å². The number of nitrogens with zero attached hydrogens (tertiary/aromatic N) is 2. The minimum Gasteiger partial charge on any atom is -0.545 e. The summed E-state index contributed by atoms with van der Waals surface area (Å²) >= 11 is 0. The van der Waals surface area contributed by atoms with Gasteiger partial charge in [0.05, 0.1) is 46.7 Å². The first-order valence-corrected chi connectivity index (χ1v) is 18.1. The van der Waals surface area contributed by atoms with E-state index in [2.05, 4.69) is 50.3 Å². The van der Waals surface area contributed by atoms with Crippen molar-refractivity contribution in [3.63, 3.8) is 0 Å². The van der Waals surface area contributed by atoms with Gasteiger partial charge in [-0.2, -0.15) is 0 Å². The van der Waals surface area contributed by atoms with Crippen molar-refractivity contribution in [1.82, 2.24) is 19.9 Å². The van der Waals surface area contributed by atoms with Gasteiger partial charge >= 0.3 is 118 Å². The first-order valence-electron chi connectivity index (χ1n) is 18.1. The number of carboxylic acid groups (broad SMARTS) is 4. The van der Waals surface area contributed by atoms with Crippen molar-refractivity contribution < 1.29 is 158 Å². The molecule has 0 atom stereocenters. The maximum atomic E-state index is 10.1. The molecule has 3 aromatic heterocycles. The molecule has 7 aromatic rings. The Labute approximate surface area is 457 Å². The molecule has 5 heterocycles. The van der Waals surface area contributed by atoms with Gasteiger partial charge in [0, 0.05) is 22.1 Å². The van der Waals surface area contributed by atoms with Gasteiger partial charge in [0.2, 0.25) is 0 Å². The zero-order valence-electron chi connectivity index (χ0n) is 35.6. The van der Waals surface area contributed by atoms with E-state index in [1.807, 2.05) is 42.5 Å². The molecule has 0 amide bonds. The number of aromatic carboxylic acids is 4. The normalized spacial score (nSPS) is 9.75. The molecule has 298 valence electrons. The molecule has 2 N–H and O–H groups in total. The van der Waals surface area contributed by atoms with Crippen molar-refractivity contribution in [2.24, 2.45) is 0 Å². The van der Waals surface area contributed by atoms with Crippen LogP contribution in [-0.2, 0) is 0 Å². The average molecular weight is 887 g/mol. The molecular formula is C48H34N4Na4O8. The van der Waals surface area contributed by atoms with E-state index in [-0.39, 0.29) is 140 Å². The zero-order valence-corrected chi connectivity index (χ0v) is 43.6. The van der Waals surface area contributed by atoms with Crippen molar-refractivity contribution in [2.75, 3.05) is 0 Å². The van der Waals surface area contributed by atoms with E-state index in [4.69, 9.17) is 0 Å². The minimum absolute atomic E-state index is 0. The third-order valence-corrected chi connectivity index (χ3v) is 8.08. The van der Waals surface area contributed by atoms with E-state index in [1.165, 1.54) is 48.5 Å². The third-order valence-electron chi connectivity index (χ3n) is 8.08. The van der Waals surface area contributed by atoms with Crippen LogP contribution in [0.4, 0.5) is 0 Å². The molecule has 2 aliphatic heterocycles. The summed E-state index contributed by atoms with van der Waals surface area (Å²) in [4.78, 5) is 56.4. The SMILES string of the molecule is C1=Cc2cc3ccc(cc4ccc(cc5nc(cc1n2)C=C5)[nH]4)[nH]3.O=C([O-])c1ccccc1.O=C([O-])c1ccccc1.O=C([O-])c1ccccc1.O=C([O-])c1ccccc1.[Na+].[Na+].[Na+].[Na+]. The number of fused-ring (bicyclic) bond motifs is 8. The van der Waals surface area contributed by atoms with Gasteiger partial charge in [0.1, 0.15) is 0 Å². The van der Waals surface area contributed by atoms with Crippen LogP contribution in [0.2, 0.25) is 0 Å². The molecule has 0 aliphatic carbocycles. The van der Waals surface area contributed by atoms with E-state index in [0.717, 1.165) is 44.8 Å². The molecule has 0 spiro atoms. The number of aromatic nitrogens is 4. The Hall–Kier alpha value is -4.64. The van der Waals surface area contributed by atoms with E-state index < -0.39 is 23.9 Å². The summed E-state index contributed by atoms with van der Waals surface area (Å²) in [6, 6.07) is 48.7. The van der Waals surface area contributed by atoms with Gasteiger partial charge in [-0.15, -0.1) is 0 Å². The smallest absolute Gasteiger partial charge is 0.545 e. The number of carbonyl (C=O) groups is 4. The Morgan fingerprint density at radius 1 is 0.312 bits per heavy atom. The second-order valence-electron chi connectivity index (χ2n) is 12.5. The number of aromatic amines is 2. The number of rotatable bonds is 4. The maximum absolute atomic E-state index is 10.1. The number of carbonyl (C=O) groups excluding carboxylic acids is 4. The number of hydrogen-bond acceptors (Lipinski definition) is 10. The van der Waals surface area contributed by atoms with Gasteiger partial charge in [-0.05, 0) is 95.1 Å². The predicted octanol–water partition coefficient (Wildman–Crippen LogP) is -7.13. The fraction of sp³-hybridized carbons (Fsp3) is 0. The van der Waals surface area contributed by atoms with Crippen LogP contribution in [0, 0.1) is 0 Å². The standard InChI is InChI=1S/C20H14N4.4C7H6O2.4Na/c1-2-14-10-16-5-6-18(23-16)12-20-8-7-19(24-20)11-17-4-3-15(22-17)9-13(1)21-14;4*8-7(9)6-4-2-1-3-5-6;;;;/h1-12,21-22H;4*1-5H,(H,8,9);;;;/q;;;;;4*+1/p-4. The first-order chi connectivity index (χ1) is 29.0. The summed E-state index contributed by atoms with van der Waals surface area (Å²) in [5.41, 5.74) is 8.74. The van der Waals surface area contributed by atoms with Crippen molar-refractivity contribution in [3.05, 3.63) is 215 Å².